The van der Waals surface area contributed by atoms with Crippen LogP contribution in [0.3, 0.4) is 0 Å². The minimum atomic E-state index is -1.59. The highest BCUT2D eigenvalue weighted by molar-refractivity contribution is 6.30. The first kappa shape index (κ1) is 13.0. The number of hydrogen-bond acceptors (Lipinski definition) is 4. The summed E-state index contributed by atoms with van der Waals surface area (Å²) in [4.78, 5) is 20.8. The van der Waals surface area contributed by atoms with E-state index in [4.69, 9.17) is 16.7 Å². The molecule has 1 N–H and O–H groups in total. The average molecular weight is 286 g/mol. The van der Waals surface area contributed by atoms with E-state index in [9.17, 15) is 19.3 Å². The van der Waals surface area contributed by atoms with Crippen LogP contribution in [0.25, 0.3) is 5.69 Å². The summed E-state index contributed by atoms with van der Waals surface area (Å²) in [5.74, 6) is -2.69. The Kier molecular flexibility index (Phi) is 3.17. The van der Waals surface area contributed by atoms with Gasteiger partial charge in [-0.05, 0) is 0 Å². The van der Waals surface area contributed by atoms with Gasteiger partial charge >= 0.3 is 5.97 Å². The Morgan fingerprint density at radius 1 is 1.53 bits per heavy atom. The molecular formula is C10H5ClFN3O4. The number of benzene rings is 1. The van der Waals surface area contributed by atoms with Crippen molar-refractivity contribution in [2.75, 3.05) is 0 Å². The molecule has 0 saturated heterocycles. The van der Waals surface area contributed by atoms with Crippen LogP contribution in [-0.4, -0.2) is 25.8 Å². The second-order valence-corrected chi connectivity index (χ2v) is 3.92. The predicted molar refractivity (Wildman–Crippen MR) is 62.1 cm³/mol. The van der Waals surface area contributed by atoms with Gasteiger partial charge in [0.15, 0.2) is 0 Å². The van der Waals surface area contributed by atoms with Gasteiger partial charge in [0, 0.05) is 18.3 Å². The normalized spacial score (nSPS) is 10.4. The SMILES string of the molecule is O=C(O)c1cc([N+](=O)[O-])c(-n2cc(Cl)cn2)cc1F. The molecular weight excluding hydrogens is 281 g/mol. The monoisotopic (exact) mass is 285 g/mol. The highest BCUT2D eigenvalue weighted by Crippen LogP contribution is 2.27. The van der Waals surface area contributed by atoms with E-state index in [-0.39, 0.29) is 10.7 Å². The summed E-state index contributed by atoms with van der Waals surface area (Å²) in [5.41, 5.74) is -1.58. The average Bonchev–Trinajstić information content (AvgIpc) is 2.74. The van der Waals surface area contributed by atoms with E-state index in [0.717, 1.165) is 10.7 Å². The number of nitro benzene ring substituents is 1. The fourth-order valence-electron chi connectivity index (χ4n) is 1.48. The Hall–Kier alpha value is -2.48. The second kappa shape index (κ2) is 4.65. The molecule has 0 radical (unpaired) electrons. The molecule has 7 nitrogen and oxygen atoms in total. The third kappa shape index (κ3) is 2.38. The quantitative estimate of drug-likeness (QED) is 0.689. The number of halogens is 2. The van der Waals surface area contributed by atoms with Crippen molar-refractivity contribution in [3.05, 3.63) is 51.0 Å². The molecule has 1 aromatic heterocycles. The summed E-state index contributed by atoms with van der Waals surface area (Å²) in [6, 6.07) is 1.37. The van der Waals surface area contributed by atoms with Gasteiger partial charge in [0.25, 0.3) is 5.69 Å². The Labute approximate surface area is 110 Å². The van der Waals surface area contributed by atoms with Gasteiger partial charge < -0.3 is 5.11 Å². The number of nitro groups is 1. The summed E-state index contributed by atoms with van der Waals surface area (Å²) in [7, 11) is 0. The lowest BCUT2D eigenvalue weighted by Gasteiger charge is -2.05. The van der Waals surface area contributed by atoms with Crippen LogP contribution in [0.4, 0.5) is 10.1 Å². The van der Waals surface area contributed by atoms with Gasteiger partial charge in [-0.15, -0.1) is 0 Å². The molecule has 0 unspecified atom stereocenters. The van der Waals surface area contributed by atoms with Crippen molar-refractivity contribution in [3.63, 3.8) is 0 Å². The lowest BCUT2D eigenvalue weighted by atomic mass is 10.1. The Balaban J connectivity index is 2.70. The van der Waals surface area contributed by atoms with Gasteiger partial charge in [-0.2, -0.15) is 5.10 Å². The number of nitrogens with zero attached hydrogens (tertiary/aromatic N) is 3. The number of hydrogen-bond donors (Lipinski definition) is 1. The largest absolute Gasteiger partial charge is 0.478 e. The maximum absolute atomic E-state index is 13.6. The van der Waals surface area contributed by atoms with Crippen LogP contribution in [0.15, 0.2) is 24.5 Å². The van der Waals surface area contributed by atoms with E-state index in [0.29, 0.717) is 6.07 Å². The predicted octanol–water partition coefficient (Wildman–Crippen LogP) is 2.27. The molecule has 0 fully saturated rings. The molecule has 1 heterocycles. The number of aromatic nitrogens is 2. The maximum Gasteiger partial charge on any atom is 0.338 e. The van der Waals surface area contributed by atoms with E-state index in [1.807, 2.05) is 0 Å². The summed E-state index contributed by atoms with van der Waals surface area (Å²) in [5, 5.41) is 23.6. The summed E-state index contributed by atoms with van der Waals surface area (Å²) in [6.45, 7) is 0. The fraction of sp³-hybridized carbons (Fsp3) is 0. The molecule has 0 bridgehead atoms. The lowest BCUT2D eigenvalue weighted by molar-refractivity contribution is -0.384. The van der Waals surface area contributed by atoms with Gasteiger partial charge in [-0.3, -0.25) is 10.1 Å². The summed E-state index contributed by atoms with van der Waals surface area (Å²) < 4.78 is 14.6. The first-order valence-corrected chi connectivity index (χ1v) is 5.19. The molecule has 0 spiro atoms. The smallest absolute Gasteiger partial charge is 0.338 e. The van der Waals surface area contributed by atoms with E-state index >= 15 is 0 Å². The first-order valence-electron chi connectivity index (χ1n) is 4.82. The Bertz CT molecular complexity index is 685. The van der Waals surface area contributed by atoms with Crippen molar-refractivity contribution in [2.45, 2.75) is 0 Å². The second-order valence-electron chi connectivity index (χ2n) is 3.49. The summed E-state index contributed by atoms with van der Waals surface area (Å²) >= 11 is 5.62. The fourth-order valence-corrected chi connectivity index (χ4v) is 1.61. The summed E-state index contributed by atoms with van der Waals surface area (Å²) in [6.07, 6.45) is 2.46. The molecule has 0 amide bonds. The molecule has 0 aliphatic carbocycles. The molecule has 0 aliphatic heterocycles. The van der Waals surface area contributed by atoms with Gasteiger partial charge in [0.05, 0.1) is 16.1 Å². The molecule has 98 valence electrons. The third-order valence-corrected chi connectivity index (χ3v) is 2.48. The van der Waals surface area contributed by atoms with E-state index < -0.39 is 28.0 Å². The molecule has 2 rings (SSSR count). The number of carbonyl (C=O) groups is 1. The minimum Gasteiger partial charge on any atom is -0.478 e. The van der Waals surface area contributed by atoms with E-state index in [1.165, 1.54) is 12.4 Å². The van der Waals surface area contributed by atoms with Crippen molar-refractivity contribution in [1.82, 2.24) is 9.78 Å². The first-order chi connectivity index (χ1) is 8.90. The minimum absolute atomic E-state index is 0.206. The number of carboxylic acid groups (broad SMARTS) is 1. The van der Waals surface area contributed by atoms with Crippen molar-refractivity contribution < 1.29 is 19.2 Å². The van der Waals surface area contributed by atoms with E-state index in [2.05, 4.69) is 5.10 Å². The number of rotatable bonds is 3. The van der Waals surface area contributed by atoms with Crippen LogP contribution in [0, 0.1) is 15.9 Å². The molecule has 0 saturated carbocycles. The molecule has 19 heavy (non-hydrogen) atoms. The molecule has 1 aromatic carbocycles. The topological polar surface area (TPSA) is 98.3 Å². The lowest BCUT2D eigenvalue weighted by Crippen LogP contribution is -2.07. The zero-order valence-electron chi connectivity index (χ0n) is 9.08. The van der Waals surface area contributed by atoms with Gasteiger partial charge in [-0.1, -0.05) is 11.6 Å². The van der Waals surface area contributed by atoms with Crippen LogP contribution in [0.1, 0.15) is 10.4 Å². The maximum atomic E-state index is 13.6. The van der Waals surface area contributed by atoms with Crippen molar-refractivity contribution in [1.29, 1.82) is 0 Å². The zero-order chi connectivity index (χ0) is 14.2. The highest BCUT2D eigenvalue weighted by atomic mass is 35.5. The van der Waals surface area contributed by atoms with Crippen LogP contribution in [0.2, 0.25) is 5.02 Å². The molecule has 0 atom stereocenters. The highest BCUT2D eigenvalue weighted by Gasteiger charge is 2.23. The zero-order valence-corrected chi connectivity index (χ0v) is 9.83. The Morgan fingerprint density at radius 3 is 2.68 bits per heavy atom. The number of aromatic carboxylic acids is 1. The van der Waals surface area contributed by atoms with Gasteiger partial charge in [0.1, 0.15) is 17.1 Å². The van der Waals surface area contributed by atoms with Gasteiger partial charge in [-0.25, -0.2) is 13.9 Å². The standard InChI is InChI=1S/C10H5ClFN3O4/c11-5-3-13-14(4-5)8-2-7(12)6(10(16)17)1-9(8)15(18)19/h1-4H,(H,16,17). The van der Waals surface area contributed by atoms with Crippen LogP contribution in [0.5, 0.6) is 0 Å². The van der Waals surface area contributed by atoms with Crippen LogP contribution < -0.4 is 0 Å². The molecule has 2 aromatic rings. The van der Waals surface area contributed by atoms with Crippen molar-refractivity contribution in [2.24, 2.45) is 0 Å². The van der Waals surface area contributed by atoms with Gasteiger partial charge in [0.2, 0.25) is 0 Å². The van der Waals surface area contributed by atoms with Crippen LogP contribution in [-0.2, 0) is 0 Å². The van der Waals surface area contributed by atoms with Crippen molar-refractivity contribution >= 4 is 23.3 Å². The molecule has 9 heteroatoms. The number of carboxylic acids is 1. The van der Waals surface area contributed by atoms with E-state index in [1.54, 1.807) is 0 Å². The van der Waals surface area contributed by atoms with Crippen molar-refractivity contribution in [3.8, 4) is 5.69 Å². The molecule has 0 aliphatic rings. The Morgan fingerprint density at radius 2 is 2.21 bits per heavy atom. The van der Waals surface area contributed by atoms with Crippen LogP contribution >= 0.6 is 11.6 Å². The third-order valence-electron chi connectivity index (χ3n) is 2.29.